The Labute approximate surface area is 135 Å². The fraction of sp³-hybridized carbons (Fsp3) is 0.0625. The minimum absolute atomic E-state index is 0.0159. The third-order valence-electron chi connectivity index (χ3n) is 3.45. The molecule has 120 valence electrons. The number of nitro benzene ring substituents is 1. The Kier molecular flexibility index (Phi) is 3.57. The van der Waals surface area contributed by atoms with Crippen LogP contribution in [0.3, 0.4) is 0 Å². The van der Waals surface area contributed by atoms with Crippen molar-refractivity contribution in [3.05, 3.63) is 63.7 Å². The van der Waals surface area contributed by atoms with Crippen LogP contribution in [0.4, 0.5) is 11.4 Å². The Morgan fingerprint density at radius 2 is 1.79 bits per heavy atom. The van der Waals surface area contributed by atoms with Gasteiger partial charge in [0.2, 0.25) is 0 Å². The largest absolute Gasteiger partial charge is 0.424 e. The average Bonchev–Trinajstić information content (AvgIpc) is 2.79. The number of para-hydroxylation sites is 2. The third-order valence-corrected chi connectivity index (χ3v) is 3.45. The van der Waals surface area contributed by atoms with Gasteiger partial charge in [-0.1, -0.05) is 18.2 Å². The Hall–Kier alpha value is -3.55. The standard InChI is InChI=1S/C16H10N2O6/c1-9(19)24-13-8-3-2-6-11(13)17-15(20)10-5-4-7-12(18(22)23)14(10)16(17)21/h2-8H,1H3. The minimum Gasteiger partial charge on any atom is -0.424 e. The van der Waals surface area contributed by atoms with E-state index in [9.17, 15) is 24.5 Å². The summed E-state index contributed by atoms with van der Waals surface area (Å²) in [5.74, 6) is -2.15. The lowest BCUT2D eigenvalue weighted by atomic mass is 10.1. The van der Waals surface area contributed by atoms with E-state index in [4.69, 9.17) is 4.74 Å². The maximum absolute atomic E-state index is 12.6. The second-order valence-electron chi connectivity index (χ2n) is 4.96. The molecule has 8 heteroatoms. The summed E-state index contributed by atoms with van der Waals surface area (Å²) >= 11 is 0. The quantitative estimate of drug-likeness (QED) is 0.282. The molecule has 2 aromatic rings. The van der Waals surface area contributed by atoms with Gasteiger partial charge in [-0.2, -0.15) is 0 Å². The van der Waals surface area contributed by atoms with Gasteiger partial charge >= 0.3 is 5.97 Å². The Bertz CT molecular complexity index is 905. The highest BCUT2D eigenvalue weighted by atomic mass is 16.6. The summed E-state index contributed by atoms with van der Waals surface area (Å²) in [5, 5.41) is 11.1. The van der Waals surface area contributed by atoms with Gasteiger partial charge in [0.25, 0.3) is 17.5 Å². The number of hydrogen-bond donors (Lipinski definition) is 0. The van der Waals surface area contributed by atoms with Crippen LogP contribution in [0.5, 0.6) is 5.75 Å². The molecule has 3 rings (SSSR count). The van der Waals surface area contributed by atoms with Crippen LogP contribution in [0, 0.1) is 10.1 Å². The lowest BCUT2D eigenvalue weighted by molar-refractivity contribution is -0.385. The summed E-state index contributed by atoms with van der Waals surface area (Å²) in [5.41, 5.74) is -0.733. The fourth-order valence-electron chi connectivity index (χ4n) is 2.52. The Morgan fingerprint density at radius 1 is 1.08 bits per heavy atom. The van der Waals surface area contributed by atoms with E-state index in [0.29, 0.717) is 0 Å². The van der Waals surface area contributed by atoms with Gasteiger partial charge in [0.15, 0.2) is 5.75 Å². The number of nitro groups is 1. The molecular weight excluding hydrogens is 316 g/mol. The molecule has 1 heterocycles. The molecule has 1 aliphatic heterocycles. The molecule has 0 N–H and O–H groups in total. The number of benzene rings is 2. The number of rotatable bonds is 3. The molecule has 1 aliphatic rings. The number of esters is 1. The topological polar surface area (TPSA) is 107 Å². The fourth-order valence-corrected chi connectivity index (χ4v) is 2.52. The molecule has 0 aromatic heterocycles. The predicted octanol–water partition coefficient (Wildman–Crippen LogP) is 2.32. The van der Waals surface area contributed by atoms with E-state index in [1.54, 1.807) is 12.1 Å². The van der Waals surface area contributed by atoms with Crippen LogP contribution in [-0.4, -0.2) is 22.7 Å². The second kappa shape index (κ2) is 5.58. The van der Waals surface area contributed by atoms with Crippen molar-refractivity contribution in [2.75, 3.05) is 4.90 Å². The SMILES string of the molecule is CC(=O)Oc1ccccc1N1C(=O)c2cccc([N+](=O)[O-])c2C1=O. The van der Waals surface area contributed by atoms with Crippen LogP contribution in [0.2, 0.25) is 0 Å². The van der Waals surface area contributed by atoms with Crippen LogP contribution < -0.4 is 9.64 Å². The number of nitrogens with zero attached hydrogens (tertiary/aromatic N) is 2. The van der Waals surface area contributed by atoms with Crippen LogP contribution in [0.15, 0.2) is 42.5 Å². The normalized spacial score (nSPS) is 13.0. The summed E-state index contributed by atoms with van der Waals surface area (Å²) in [4.78, 5) is 47.6. The van der Waals surface area contributed by atoms with E-state index in [0.717, 1.165) is 11.0 Å². The van der Waals surface area contributed by atoms with Gasteiger partial charge in [-0.25, -0.2) is 4.90 Å². The summed E-state index contributed by atoms with van der Waals surface area (Å²) < 4.78 is 5.01. The van der Waals surface area contributed by atoms with Gasteiger partial charge in [0.05, 0.1) is 16.2 Å². The number of ether oxygens (including phenoxy) is 1. The second-order valence-corrected chi connectivity index (χ2v) is 4.96. The van der Waals surface area contributed by atoms with Crippen LogP contribution >= 0.6 is 0 Å². The van der Waals surface area contributed by atoms with Crippen molar-refractivity contribution in [3.63, 3.8) is 0 Å². The number of carbonyl (C=O) groups excluding carboxylic acids is 3. The molecule has 24 heavy (non-hydrogen) atoms. The minimum atomic E-state index is -0.832. The molecule has 0 saturated carbocycles. The van der Waals surface area contributed by atoms with Crippen LogP contribution in [-0.2, 0) is 4.79 Å². The first-order valence-electron chi connectivity index (χ1n) is 6.85. The molecule has 0 radical (unpaired) electrons. The van der Waals surface area contributed by atoms with Crippen molar-refractivity contribution in [2.24, 2.45) is 0 Å². The lowest BCUT2D eigenvalue weighted by Crippen LogP contribution is -2.30. The van der Waals surface area contributed by atoms with E-state index in [1.165, 1.54) is 31.2 Å². The average molecular weight is 326 g/mol. The van der Waals surface area contributed by atoms with Crippen molar-refractivity contribution < 1.29 is 24.0 Å². The zero-order valence-corrected chi connectivity index (χ0v) is 12.4. The highest BCUT2D eigenvalue weighted by Crippen LogP contribution is 2.37. The van der Waals surface area contributed by atoms with Crippen molar-refractivity contribution >= 4 is 29.2 Å². The van der Waals surface area contributed by atoms with E-state index >= 15 is 0 Å². The van der Waals surface area contributed by atoms with E-state index in [2.05, 4.69) is 0 Å². The molecule has 0 aliphatic carbocycles. The molecule has 0 fully saturated rings. The number of hydrogen-bond acceptors (Lipinski definition) is 6. The summed E-state index contributed by atoms with van der Waals surface area (Å²) in [6.45, 7) is 1.18. The van der Waals surface area contributed by atoms with Crippen molar-refractivity contribution in [3.8, 4) is 5.75 Å². The number of anilines is 1. The molecule has 0 atom stereocenters. The zero-order valence-electron chi connectivity index (χ0n) is 12.4. The van der Waals surface area contributed by atoms with Gasteiger partial charge in [0, 0.05) is 13.0 Å². The van der Waals surface area contributed by atoms with E-state index in [-0.39, 0.29) is 22.6 Å². The molecule has 2 amide bonds. The first kappa shape index (κ1) is 15.3. The monoisotopic (exact) mass is 326 g/mol. The van der Waals surface area contributed by atoms with Gasteiger partial charge in [-0.3, -0.25) is 24.5 Å². The van der Waals surface area contributed by atoms with Crippen molar-refractivity contribution in [1.82, 2.24) is 0 Å². The zero-order chi connectivity index (χ0) is 17.4. The predicted molar refractivity (Wildman–Crippen MR) is 82.0 cm³/mol. The Morgan fingerprint density at radius 3 is 2.46 bits per heavy atom. The molecule has 0 spiro atoms. The summed E-state index contributed by atoms with van der Waals surface area (Å²) in [7, 11) is 0. The van der Waals surface area contributed by atoms with Crippen molar-refractivity contribution in [1.29, 1.82) is 0 Å². The van der Waals surface area contributed by atoms with E-state index < -0.39 is 28.4 Å². The molecule has 0 unspecified atom stereocenters. The third kappa shape index (κ3) is 2.30. The van der Waals surface area contributed by atoms with Gasteiger partial charge in [0.1, 0.15) is 5.56 Å². The highest BCUT2D eigenvalue weighted by molar-refractivity contribution is 6.36. The summed E-state index contributed by atoms with van der Waals surface area (Å²) in [6.07, 6.45) is 0. The van der Waals surface area contributed by atoms with Gasteiger partial charge < -0.3 is 4.74 Å². The molecule has 2 aromatic carbocycles. The first-order valence-corrected chi connectivity index (χ1v) is 6.85. The number of fused-ring (bicyclic) bond motifs is 1. The molecule has 8 nitrogen and oxygen atoms in total. The molecule has 0 saturated heterocycles. The van der Waals surface area contributed by atoms with Crippen LogP contribution in [0.25, 0.3) is 0 Å². The molecular formula is C16H10N2O6. The molecule has 0 bridgehead atoms. The number of amides is 2. The van der Waals surface area contributed by atoms with Crippen molar-refractivity contribution in [2.45, 2.75) is 6.92 Å². The first-order chi connectivity index (χ1) is 11.4. The summed E-state index contributed by atoms with van der Waals surface area (Å²) in [6, 6.07) is 9.81. The van der Waals surface area contributed by atoms with Gasteiger partial charge in [-0.15, -0.1) is 0 Å². The maximum Gasteiger partial charge on any atom is 0.308 e. The smallest absolute Gasteiger partial charge is 0.308 e. The van der Waals surface area contributed by atoms with Crippen LogP contribution in [0.1, 0.15) is 27.6 Å². The highest BCUT2D eigenvalue weighted by Gasteiger charge is 2.42. The van der Waals surface area contributed by atoms with E-state index in [1.807, 2.05) is 0 Å². The Balaban J connectivity index is 2.15. The maximum atomic E-state index is 12.6. The number of imide groups is 1. The number of carbonyl (C=O) groups is 3. The van der Waals surface area contributed by atoms with Gasteiger partial charge in [-0.05, 0) is 18.2 Å². The lowest BCUT2D eigenvalue weighted by Gasteiger charge is -2.17.